The number of fused-ring (bicyclic) bond motifs is 1. The van der Waals surface area contributed by atoms with Crippen LogP contribution in [0.2, 0.25) is 5.02 Å². The third-order valence-electron chi connectivity index (χ3n) is 2.18. The van der Waals surface area contributed by atoms with Gasteiger partial charge in [0.15, 0.2) is 5.75 Å². The summed E-state index contributed by atoms with van der Waals surface area (Å²) in [5.41, 5.74) is 0.529. The molecule has 4 nitrogen and oxygen atoms in total. The first kappa shape index (κ1) is 10.8. The number of carbonyl (C=O) groups is 1. The van der Waals surface area contributed by atoms with Crippen molar-refractivity contribution in [2.75, 3.05) is 14.2 Å². The fourth-order valence-corrected chi connectivity index (χ4v) is 1.65. The van der Waals surface area contributed by atoms with Crippen molar-refractivity contribution in [1.29, 1.82) is 0 Å². The number of ether oxygens (including phenoxy) is 2. The summed E-state index contributed by atoms with van der Waals surface area (Å²) in [6.07, 6.45) is 0. The Bertz CT molecular complexity index is 544. The summed E-state index contributed by atoms with van der Waals surface area (Å²) in [5.74, 6) is -0.198. The molecule has 0 aliphatic carbocycles. The van der Waals surface area contributed by atoms with E-state index in [1.54, 1.807) is 18.2 Å². The molecule has 0 amide bonds. The monoisotopic (exact) mass is 240 g/mol. The molecule has 1 aromatic carbocycles. The molecule has 0 atom stereocenters. The minimum atomic E-state index is -0.579. The first-order valence-corrected chi connectivity index (χ1v) is 4.89. The van der Waals surface area contributed by atoms with E-state index < -0.39 is 5.97 Å². The molecular formula is C11H9ClO4. The maximum Gasteiger partial charge on any atom is 0.377 e. The number of methoxy groups -OCH3 is 2. The highest BCUT2D eigenvalue weighted by molar-refractivity contribution is 6.31. The van der Waals surface area contributed by atoms with E-state index in [1.165, 1.54) is 14.2 Å². The smallest absolute Gasteiger partial charge is 0.377 e. The average Bonchev–Trinajstić information content (AvgIpc) is 2.65. The Morgan fingerprint density at radius 3 is 2.75 bits per heavy atom. The zero-order valence-corrected chi connectivity index (χ0v) is 9.50. The van der Waals surface area contributed by atoms with E-state index in [1.807, 2.05) is 0 Å². The van der Waals surface area contributed by atoms with E-state index in [9.17, 15) is 4.79 Å². The summed E-state index contributed by atoms with van der Waals surface area (Å²) < 4.78 is 15.1. The molecule has 0 unspecified atom stereocenters. The zero-order chi connectivity index (χ0) is 11.7. The molecule has 2 aromatic rings. The van der Waals surface area contributed by atoms with E-state index >= 15 is 0 Å². The zero-order valence-electron chi connectivity index (χ0n) is 8.74. The number of rotatable bonds is 2. The summed E-state index contributed by atoms with van der Waals surface area (Å²) in [7, 11) is 2.74. The Balaban J connectivity index is 2.71. The van der Waals surface area contributed by atoms with Crippen molar-refractivity contribution in [3.05, 3.63) is 29.0 Å². The fourth-order valence-electron chi connectivity index (χ4n) is 1.48. The van der Waals surface area contributed by atoms with Crippen LogP contribution in [0.1, 0.15) is 10.6 Å². The normalized spacial score (nSPS) is 10.4. The van der Waals surface area contributed by atoms with Gasteiger partial charge in [-0.1, -0.05) is 11.6 Å². The Hall–Kier alpha value is -1.68. The van der Waals surface area contributed by atoms with Gasteiger partial charge < -0.3 is 13.9 Å². The molecule has 0 spiro atoms. The minimum absolute atomic E-state index is 0.0438. The SMILES string of the molecule is COC(=O)c1oc2ccc(Cl)cc2c1OC. The number of esters is 1. The molecule has 1 aromatic heterocycles. The molecule has 84 valence electrons. The quantitative estimate of drug-likeness (QED) is 0.758. The molecular weight excluding hydrogens is 232 g/mol. The molecule has 0 saturated heterocycles. The van der Waals surface area contributed by atoms with Crippen LogP contribution in [0.5, 0.6) is 5.75 Å². The topological polar surface area (TPSA) is 48.7 Å². The number of hydrogen-bond donors (Lipinski definition) is 0. The molecule has 1 heterocycles. The van der Waals surface area contributed by atoms with Crippen molar-refractivity contribution in [2.24, 2.45) is 0 Å². The standard InChI is InChI=1S/C11H9ClO4/c1-14-9-7-5-6(12)3-4-8(7)16-10(9)11(13)15-2/h3-5H,1-2H3. The third kappa shape index (κ3) is 1.61. The third-order valence-corrected chi connectivity index (χ3v) is 2.41. The first-order chi connectivity index (χ1) is 7.67. The Kier molecular flexibility index (Phi) is 2.75. The van der Waals surface area contributed by atoms with Crippen molar-refractivity contribution in [3.8, 4) is 5.75 Å². The van der Waals surface area contributed by atoms with Crippen LogP contribution in [0.3, 0.4) is 0 Å². The van der Waals surface area contributed by atoms with Gasteiger partial charge in [0.25, 0.3) is 5.76 Å². The second-order valence-electron chi connectivity index (χ2n) is 3.10. The van der Waals surface area contributed by atoms with E-state index in [2.05, 4.69) is 4.74 Å². The van der Waals surface area contributed by atoms with Gasteiger partial charge in [0.2, 0.25) is 0 Å². The van der Waals surface area contributed by atoms with E-state index in [0.717, 1.165) is 0 Å². The molecule has 0 aliphatic heterocycles. The highest BCUT2D eigenvalue weighted by Crippen LogP contribution is 2.34. The summed E-state index contributed by atoms with van der Waals surface area (Å²) in [5, 5.41) is 1.19. The van der Waals surface area contributed by atoms with Crippen LogP contribution in [0, 0.1) is 0 Å². The Labute approximate surface area is 96.7 Å². The second kappa shape index (κ2) is 4.06. The molecule has 0 fully saturated rings. The predicted octanol–water partition coefficient (Wildman–Crippen LogP) is 2.88. The van der Waals surface area contributed by atoms with Crippen molar-refractivity contribution in [1.82, 2.24) is 0 Å². The number of hydrogen-bond acceptors (Lipinski definition) is 4. The summed E-state index contributed by atoms with van der Waals surface area (Å²) in [4.78, 5) is 11.4. The largest absolute Gasteiger partial charge is 0.492 e. The fraction of sp³-hybridized carbons (Fsp3) is 0.182. The lowest BCUT2D eigenvalue weighted by Crippen LogP contribution is -2.01. The van der Waals surface area contributed by atoms with E-state index in [0.29, 0.717) is 21.7 Å². The van der Waals surface area contributed by atoms with Crippen LogP contribution < -0.4 is 4.74 Å². The number of carbonyl (C=O) groups excluding carboxylic acids is 1. The van der Waals surface area contributed by atoms with Crippen molar-refractivity contribution in [3.63, 3.8) is 0 Å². The van der Waals surface area contributed by atoms with Crippen LogP contribution >= 0.6 is 11.6 Å². The van der Waals surface area contributed by atoms with Gasteiger partial charge in [-0.2, -0.15) is 0 Å². The van der Waals surface area contributed by atoms with Gasteiger partial charge in [-0.25, -0.2) is 4.79 Å². The van der Waals surface area contributed by atoms with Gasteiger partial charge in [-0.15, -0.1) is 0 Å². The van der Waals surface area contributed by atoms with Crippen LogP contribution in [0.15, 0.2) is 22.6 Å². The minimum Gasteiger partial charge on any atom is -0.492 e. The van der Waals surface area contributed by atoms with Gasteiger partial charge in [-0.3, -0.25) is 0 Å². The highest BCUT2D eigenvalue weighted by atomic mass is 35.5. The molecule has 0 bridgehead atoms. The van der Waals surface area contributed by atoms with E-state index in [-0.39, 0.29) is 5.76 Å². The lowest BCUT2D eigenvalue weighted by molar-refractivity contribution is 0.0563. The molecule has 16 heavy (non-hydrogen) atoms. The first-order valence-electron chi connectivity index (χ1n) is 4.51. The predicted molar refractivity (Wildman–Crippen MR) is 59.1 cm³/mol. The molecule has 2 rings (SSSR count). The second-order valence-corrected chi connectivity index (χ2v) is 3.53. The molecule has 0 saturated carbocycles. The molecule has 0 radical (unpaired) electrons. The Morgan fingerprint density at radius 2 is 2.12 bits per heavy atom. The van der Waals surface area contributed by atoms with Crippen LogP contribution in [0.4, 0.5) is 0 Å². The number of benzene rings is 1. The van der Waals surface area contributed by atoms with Crippen LogP contribution in [0.25, 0.3) is 11.0 Å². The van der Waals surface area contributed by atoms with Gasteiger partial charge in [0.05, 0.1) is 19.6 Å². The number of halogens is 1. The maximum absolute atomic E-state index is 11.4. The number of furan rings is 1. The van der Waals surface area contributed by atoms with Crippen molar-refractivity contribution < 1.29 is 18.7 Å². The van der Waals surface area contributed by atoms with Crippen molar-refractivity contribution >= 4 is 28.5 Å². The van der Waals surface area contributed by atoms with Gasteiger partial charge >= 0.3 is 5.97 Å². The highest BCUT2D eigenvalue weighted by Gasteiger charge is 2.22. The lowest BCUT2D eigenvalue weighted by Gasteiger charge is -1.98. The van der Waals surface area contributed by atoms with E-state index in [4.69, 9.17) is 20.8 Å². The molecule has 0 N–H and O–H groups in total. The van der Waals surface area contributed by atoms with Crippen LogP contribution in [-0.4, -0.2) is 20.2 Å². The Morgan fingerprint density at radius 1 is 1.38 bits per heavy atom. The maximum atomic E-state index is 11.4. The van der Waals surface area contributed by atoms with Gasteiger partial charge in [0.1, 0.15) is 5.58 Å². The van der Waals surface area contributed by atoms with Crippen LogP contribution in [-0.2, 0) is 4.74 Å². The lowest BCUT2D eigenvalue weighted by atomic mass is 10.2. The van der Waals surface area contributed by atoms with Crippen molar-refractivity contribution in [2.45, 2.75) is 0 Å². The summed E-state index contributed by atoms with van der Waals surface area (Å²) in [6, 6.07) is 5.02. The van der Waals surface area contributed by atoms with Gasteiger partial charge in [0, 0.05) is 5.02 Å². The summed E-state index contributed by atoms with van der Waals surface area (Å²) in [6.45, 7) is 0. The molecule has 0 aliphatic rings. The van der Waals surface area contributed by atoms with Gasteiger partial charge in [-0.05, 0) is 18.2 Å². The molecule has 5 heteroatoms. The summed E-state index contributed by atoms with van der Waals surface area (Å²) >= 11 is 5.86. The average molecular weight is 241 g/mol.